The van der Waals surface area contributed by atoms with E-state index in [1.54, 1.807) is 0 Å². The lowest BCUT2D eigenvalue weighted by molar-refractivity contribution is 0.355. The Morgan fingerprint density at radius 1 is 1.30 bits per heavy atom. The van der Waals surface area contributed by atoms with Crippen molar-refractivity contribution in [2.24, 2.45) is 0 Å². The highest BCUT2D eigenvalue weighted by atomic mass is 16.3. The molecule has 1 aliphatic heterocycles. The molecule has 0 amide bonds. The first-order valence-electron chi connectivity index (χ1n) is 6.84. The second-order valence-electron chi connectivity index (χ2n) is 5.22. The zero-order valence-electron chi connectivity index (χ0n) is 11.1. The van der Waals surface area contributed by atoms with Crippen LogP contribution >= 0.6 is 0 Å². The van der Waals surface area contributed by atoms with E-state index in [2.05, 4.69) is 10.3 Å². The number of benzene rings is 1. The molecule has 0 bridgehead atoms. The van der Waals surface area contributed by atoms with Gasteiger partial charge in [-0.2, -0.15) is 0 Å². The van der Waals surface area contributed by atoms with Crippen LogP contribution in [0.3, 0.4) is 0 Å². The maximum Gasteiger partial charge on any atom is 0.328 e. The minimum Gasteiger partial charge on any atom is -0.508 e. The molecular formula is C14H17N3O3. The summed E-state index contributed by atoms with van der Waals surface area (Å²) in [5.41, 5.74) is -0.371. The molecule has 0 spiro atoms. The number of rotatable bonds is 2. The van der Waals surface area contributed by atoms with Crippen molar-refractivity contribution in [3.63, 3.8) is 0 Å². The Labute approximate surface area is 115 Å². The molecule has 3 N–H and O–H groups in total. The summed E-state index contributed by atoms with van der Waals surface area (Å²) in [5, 5.41) is 13.1. The zero-order chi connectivity index (χ0) is 14.1. The fraction of sp³-hybridized carbons (Fsp3) is 0.429. The Morgan fingerprint density at radius 3 is 2.90 bits per heavy atom. The average Bonchev–Trinajstić information content (AvgIpc) is 2.44. The topological polar surface area (TPSA) is 87.1 Å². The van der Waals surface area contributed by atoms with E-state index >= 15 is 0 Å². The van der Waals surface area contributed by atoms with Crippen molar-refractivity contribution < 1.29 is 5.11 Å². The number of phenolic OH excluding ortho intramolecular Hbond substituents is 1. The van der Waals surface area contributed by atoms with E-state index in [9.17, 15) is 14.7 Å². The molecule has 3 rings (SSSR count). The van der Waals surface area contributed by atoms with Crippen molar-refractivity contribution in [2.75, 3.05) is 6.54 Å². The van der Waals surface area contributed by atoms with Crippen LogP contribution in [0.15, 0.2) is 27.8 Å². The third-order valence-electron chi connectivity index (χ3n) is 3.78. The van der Waals surface area contributed by atoms with Gasteiger partial charge in [-0.05, 0) is 31.5 Å². The summed E-state index contributed by atoms with van der Waals surface area (Å²) in [5.74, 6) is 0.0271. The number of hydrogen-bond acceptors (Lipinski definition) is 4. The fourth-order valence-corrected chi connectivity index (χ4v) is 2.71. The van der Waals surface area contributed by atoms with Gasteiger partial charge in [-0.1, -0.05) is 6.42 Å². The van der Waals surface area contributed by atoms with Gasteiger partial charge in [-0.15, -0.1) is 0 Å². The smallest absolute Gasteiger partial charge is 0.328 e. The average molecular weight is 275 g/mol. The number of fused-ring (bicyclic) bond motifs is 1. The molecule has 2 heterocycles. The normalized spacial score (nSPS) is 19.3. The van der Waals surface area contributed by atoms with Gasteiger partial charge in [-0.25, -0.2) is 4.79 Å². The van der Waals surface area contributed by atoms with Gasteiger partial charge >= 0.3 is 5.69 Å². The second kappa shape index (κ2) is 5.13. The number of phenols is 1. The Balaban J connectivity index is 2.04. The van der Waals surface area contributed by atoms with E-state index in [1.807, 2.05) is 0 Å². The molecule has 20 heavy (non-hydrogen) atoms. The number of hydrogen-bond donors (Lipinski definition) is 3. The van der Waals surface area contributed by atoms with E-state index < -0.39 is 5.69 Å². The van der Waals surface area contributed by atoms with Gasteiger partial charge in [0.15, 0.2) is 0 Å². The maximum atomic E-state index is 12.4. The van der Waals surface area contributed by atoms with Crippen LogP contribution in [0.2, 0.25) is 0 Å². The van der Waals surface area contributed by atoms with E-state index in [0.29, 0.717) is 17.4 Å². The van der Waals surface area contributed by atoms with Crippen LogP contribution < -0.4 is 16.6 Å². The molecule has 0 saturated carbocycles. The summed E-state index contributed by atoms with van der Waals surface area (Å²) in [6, 6.07) is 4.54. The van der Waals surface area contributed by atoms with E-state index in [4.69, 9.17) is 0 Å². The van der Waals surface area contributed by atoms with Gasteiger partial charge < -0.3 is 15.4 Å². The number of nitrogens with zero attached hydrogens (tertiary/aromatic N) is 1. The Kier molecular flexibility index (Phi) is 3.31. The lowest BCUT2D eigenvalue weighted by atomic mass is 10.1. The molecule has 1 saturated heterocycles. The zero-order valence-corrected chi connectivity index (χ0v) is 11.1. The molecule has 106 valence electrons. The predicted octanol–water partition coefficient (Wildman–Crippen LogP) is 0.537. The highest BCUT2D eigenvalue weighted by molar-refractivity contribution is 5.78. The van der Waals surface area contributed by atoms with E-state index in [1.165, 1.54) is 22.8 Å². The van der Waals surface area contributed by atoms with Gasteiger partial charge in [0, 0.05) is 18.7 Å². The predicted molar refractivity (Wildman–Crippen MR) is 76.1 cm³/mol. The van der Waals surface area contributed by atoms with Crippen LogP contribution in [0.25, 0.3) is 10.9 Å². The van der Waals surface area contributed by atoms with Crippen LogP contribution in [0.5, 0.6) is 5.75 Å². The fourth-order valence-electron chi connectivity index (χ4n) is 2.71. The summed E-state index contributed by atoms with van der Waals surface area (Å²) in [6.45, 7) is 1.31. The molecule has 1 aliphatic rings. The maximum absolute atomic E-state index is 12.4. The van der Waals surface area contributed by atoms with Crippen LogP contribution in [0.1, 0.15) is 19.3 Å². The van der Waals surface area contributed by atoms with Gasteiger partial charge in [0.25, 0.3) is 5.56 Å². The number of piperidine rings is 1. The summed E-state index contributed by atoms with van der Waals surface area (Å²) in [6.07, 6.45) is 3.23. The van der Waals surface area contributed by atoms with Crippen molar-refractivity contribution in [2.45, 2.75) is 31.8 Å². The molecular weight excluding hydrogens is 258 g/mol. The largest absolute Gasteiger partial charge is 0.508 e. The second-order valence-corrected chi connectivity index (χ2v) is 5.22. The number of nitrogens with one attached hydrogen (secondary N) is 2. The third-order valence-corrected chi connectivity index (χ3v) is 3.78. The van der Waals surface area contributed by atoms with Crippen LogP contribution in [0.4, 0.5) is 0 Å². The highest BCUT2D eigenvalue weighted by Gasteiger charge is 2.16. The lowest BCUT2D eigenvalue weighted by Gasteiger charge is -2.23. The minimum atomic E-state index is -0.430. The summed E-state index contributed by atoms with van der Waals surface area (Å²) >= 11 is 0. The molecule has 0 radical (unpaired) electrons. The number of aromatic hydroxyl groups is 1. The molecule has 6 heteroatoms. The van der Waals surface area contributed by atoms with Crippen molar-refractivity contribution in [3.8, 4) is 5.75 Å². The standard InChI is InChI=1S/C14H17N3O3/c18-10-4-5-11-12(7-10)16-14(20)17(13(11)19)8-9-3-1-2-6-15-9/h4-5,7,9,15,18H,1-3,6,8H2,(H,16,20). The Morgan fingerprint density at radius 2 is 2.15 bits per heavy atom. The number of H-pyrrole nitrogens is 1. The van der Waals surface area contributed by atoms with Crippen LogP contribution in [0, 0.1) is 0 Å². The first-order chi connectivity index (χ1) is 9.65. The van der Waals surface area contributed by atoms with Crippen LogP contribution in [-0.4, -0.2) is 27.2 Å². The number of aromatic nitrogens is 2. The van der Waals surface area contributed by atoms with Crippen molar-refractivity contribution in [1.82, 2.24) is 14.9 Å². The summed E-state index contributed by atoms with van der Waals surface area (Å²) in [4.78, 5) is 27.1. The number of aromatic amines is 1. The Hall–Kier alpha value is -2.08. The highest BCUT2D eigenvalue weighted by Crippen LogP contribution is 2.14. The SMILES string of the molecule is O=c1[nH]c2cc(O)ccc2c(=O)n1CC1CCCCN1. The molecule has 2 aromatic rings. The monoisotopic (exact) mass is 275 g/mol. The minimum absolute atomic E-state index is 0.0271. The van der Waals surface area contributed by atoms with E-state index in [-0.39, 0.29) is 17.4 Å². The van der Waals surface area contributed by atoms with Crippen molar-refractivity contribution >= 4 is 10.9 Å². The van der Waals surface area contributed by atoms with E-state index in [0.717, 1.165) is 25.8 Å². The molecule has 1 atom stereocenters. The molecule has 1 aromatic heterocycles. The van der Waals surface area contributed by atoms with Gasteiger partial charge in [-0.3, -0.25) is 9.36 Å². The van der Waals surface area contributed by atoms with Crippen LogP contribution in [-0.2, 0) is 6.54 Å². The summed E-state index contributed by atoms with van der Waals surface area (Å²) in [7, 11) is 0. The first-order valence-corrected chi connectivity index (χ1v) is 6.84. The van der Waals surface area contributed by atoms with Crippen molar-refractivity contribution in [1.29, 1.82) is 0 Å². The van der Waals surface area contributed by atoms with Gasteiger partial charge in [0.05, 0.1) is 10.9 Å². The Bertz CT molecular complexity index is 741. The van der Waals surface area contributed by atoms with Crippen molar-refractivity contribution in [3.05, 3.63) is 39.0 Å². The molecule has 1 unspecified atom stereocenters. The first kappa shape index (κ1) is 12.9. The lowest BCUT2D eigenvalue weighted by Crippen LogP contribution is -2.44. The summed E-state index contributed by atoms with van der Waals surface area (Å²) < 4.78 is 1.24. The quantitative estimate of drug-likeness (QED) is 0.746. The third kappa shape index (κ3) is 2.34. The van der Waals surface area contributed by atoms with Gasteiger partial charge in [0.1, 0.15) is 5.75 Å². The molecule has 1 fully saturated rings. The molecule has 0 aliphatic carbocycles. The van der Waals surface area contributed by atoms with Gasteiger partial charge in [0.2, 0.25) is 0 Å². The molecule has 1 aromatic carbocycles. The molecule has 6 nitrogen and oxygen atoms in total.